The average molecular weight is 367 g/mol. The van der Waals surface area contributed by atoms with E-state index in [2.05, 4.69) is 5.16 Å². The highest BCUT2D eigenvalue weighted by Crippen LogP contribution is 2.33. The van der Waals surface area contributed by atoms with E-state index >= 15 is 0 Å². The maximum absolute atomic E-state index is 12.8. The van der Waals surface area contributed by atoms with Crippen molar-refractivity contribution >= 4 is 24.1 Å². The average Bonchev–Trinajstić information content (AvgIpc) is 2.91. The Morgan fingerprint density at radius 1 is 1.46 bits per heavy atom. The smallest absolute Gasteiger partial charge is 0.416 e. The van der Waals surface area contributed by atoms with E-state index in [4.69, 9.17) is 15.3 Å². The van der Waals surface area contributed by atoms with E-state index in [9.17, 15) is 18.0 Å². The molecule has 9 heteroatoms. The fourth-order valence-electron chi connectivity index (χ4n) is 2.38. The highest BCUT2D eigenvalue weighted by Gasteiger charge is 2.48. The first-order valence-corrected chi connectivity index (χ1v) is 7.08. The summed E-state index contributed by atoms with van der Waals surface area (Å²) in [5.74, 6) is -0.662. The van der Waals surface area contributed by atoms with Gasteiger partial charge in [-0.2, -0.15) is 13.2 Å². The van der Waals surface area contributed by atoms with Gasteiger partial charge in [-0.3, -0.25) is 0 Å². The van der Waals surface area contributed by atoms with Crippen LogP contribution in [0.15, 0.2) is 29.4 Å². The standard InChI is InChI=1S/C15H17F3N2O3.ClH/c1-2-22-13(21)14(8-12(9-19)20-23-14)7-10-4-3-5-11(6-10)15(16,17)18;/h3-6H,2,7-9,19H2,1H3;1H. The van der Waals surface area contributed by atoms with Gasteiger partial charge in [0.1, 0.15) is 0 Å². The van der Waals surface area contributed by atoms with Crippen LogP contribution in [0.25, 0.3) is 0 Å². The van der Waals surface area contributed by atoms with Crippen LogP contribution in [0.5, 0.6) is 0 Å². The van der Waals surface area contributed by atoms with Crippen LogP contribution in [0.2, 0.25) is 0 Å². The van der Waals surface area contributed by atoms with E-state index in [-0.39, 0.29) is 38.4 Å². The van der Waals surface area contributed by atoms with Crippen LogP contribution in [0.4, 0.5) is 13.2 Å². The van der Waals surface area contributed by atoms with Gasteiger partial charge in [0, 0.05) is 19.4 Å². The summed E-state index contributed by atoms with van der Waals surface area (Å²) < 4.78 is 43.4. The van der Waals surface area contributed by atoms with Gasteiger partial charge in [0.15, 0.2) is 0 Å². The number of hydrogen-bond donors (Lipinski definition) is 1. The van der Waals surface area contributed by atoms with Crippen molar-refractivity contribution in [1.29, 1.82) is 0 Å². The zero-order valence-electron chi connectivity index (χ0n) is 12.9. The van der Waals surface area contributed by atoms with Crippen molar-refractivity contribution < 1.29 is 27.5 Å². The summed E-state index contributed by atoms with van der Waals surface area (Å²) in [4.78, 5) is 17.5. The minimum absolute atomic E-state index is 0. The number of carbonyl (C=O) groups is 1. The van der Waals surface area contributed by atoms with Gasteiger partial charge in [0.2, 0.25) is 5.60 Å². The first-order chi connectivity index (χ1) is 10.8. The molecule has 0 aromatic heterocycles. The van der Waals surface area contributed by atoms with E-state index in [1.165, 1.54) is 12.1 Å². The zero-order valence-corrected chi connectivity index (χ0v) is 13.7. The third-order valence-corrected chi connectivity index (χ3v) is 3.47. The number of rotatable bonds is 5. The molecule has 0 fully saturated rings. The molecule has 1 aromatic carbocycles. The Balaban J connectivity index is 0.00000288. The van der Waals surface area contributed by atoms with Crippen LogP contribution in [0.1, 0.15) is 24.5 Å². The minimum atomic E-state index is -4.46. The zero-order chi connectivity index (χ0) is 17.1. The lowest BCUT2D eigenvalue weighted by Gasteiger charge is -2.24. The Kier molecular flexibility index (Phi) is 6.62. The topological polar surface area (TPSA) is 73.9 Å². The molecule has 0 radical (unpaired) electrons. The number of oxime groups is 1. The van der Waals surface area contributed by atoms with E-state index in [0.717, 1.165) is 12.1 Å². The second-order valence-corrected chi connectivity index (χ2v) is 5.22. The summed E-state index contributed by atoms with van der Waals surface area (Å²) in [6, 6.07) is 4.75. The van der Waals surface area contributed by atoms with Crippen molar-refractivity contribution in [3.8, 4) is 0 Å². The normalized spacial score (nSPS) is 20.0. The Morgan fingerprint density at radius 3 is 2.71 bits per heavy atom. The van der Waals surface area contributed by atoms with Gasteiger partial charge in [-0.15, -0.1) is 12.4 Å². The monoisotopic (exact) mass is 366 g/mol. The molecule has 0 saturated carbocycles. The number of benzene rings is 1. The number of hydrogen-bond acceptors (Lipinski definition) is 5. The second-order valence-electron chi connectivity index (χ2n) is 5.22. The largest absolute Gasteiger partial charge is 0.463 e. The SMILES string of the molecule is CCOC(=O)C1(Cc2cccc(C(F)(F)F)c2)CC(CN)=NO1.Cl. The first-order valence-electron chi connectivity index (χ1n) is 7.08. The number of ether oxygens (including phenoxy) is 1. The van der Waals surface area contributed by atoms with Gasteiger partial charge < -0.3 is 15.3 Å². The maximum Gasteiger partial charge on any atom is 0.416 e. The number of nitrogens with two attached hydrogens (primary N) is 1. The summed E-state index contributed by atoms with van der Waals surface area (Å²) in [5.41, 5.74) is 4.01. The quantitative estimate of drug-likeness (QED) is 0.813. The summed E-state index contributed by atoms with van der Waals surface area (Å²) in [5, 5.41) is 3.75. The van der Waals surface area contributed by atoms with E-state index in [1.54, 1.807) is 6.92 Å². The third-order valence-electron chi connectivity index (χ3n) is 3.47. The van der Waals surface area contributed by atoms with E-state index in [0.29, 0.717) is 11.3 Å². The molecule has 134 valence electrons. The minimum Gasteiger partial charge on any atom is -0.463 e. The van der Waals surface area contributed by atoms with Crippen molar-refractivity contribution in [2.45, 2.75) is 31.5 Å². The molecule has 1 aromatic rings. The third kappa shape index (κ3) is 4.39. The molecule has 0 amide bonds. The van der Waals surface area contributed by atoms with Gasteiger partial charge in [-0.1, -0.05) is 23.4 Å². The van der Waals surface area contributed by atoms with Crippen LogP contribution in [0.3, 0.4) is 0 Å². The lowest BCUT2D eigenvalue weighted by molar-refractivity contribution is -0.168. The first kappa shape index (κ1) is 20.2. The highest BCUT2D eigenvalue weighted by atomic mass is 35.5. The molecule has 1 aliphatic heterocycles. The lowest BCUT2D eigenvalue weighted by atomic mass is 9.89. The summed E-state index contributed by atoms with van der Waals surface area (Å²) in [6.45, 7) is 1.86. The summed E-state index contributed by atoms with van der Waals surface area (Å²) >= 11 is 0. The number of halogens is 4. The predicted molar refractivity (Wildman–Crippen MR) is 84.0 cm³/mol. The van der Waals surface area contributed by atoms with Crippen molar-refractivity contribution in [2.75, 3.05) is 13.2 Å². The molecule has 0 bridgehead atoms. The van der Waals surface area contributed by atoms with Crippen molar-refractivity contribution in [1.82, 2.24) is 0 Å². The Morgan fingerprint density at radius 2 is 2.17 bits per heavy atom. The van der Waals surface area contributed by atoms with E-state index < -0.39 is 23.3 Å². The number of carbonyl (C=O) groups excluding carboxylic acids is 1. The van der Waals surface area contributed by atoms with Gasteiger partial charge in [-0.05, 0) is 18.6 Å². The van der Waals surface area contributed by atoms with Crippen molar-refractivity contribution in [3.05, 3.63) is 35.4 Å². The van der Waals surface area contributed by atoms with Crippen molar-refractivity contribution in [2.24, 2.45) is 10.9 Å². The number of alkyl halides is 3. The van der Waals surface area contributed by atoms with Crippen LogP contribution in [-0.2, 0) is 27.0 Å². The molecule has 1 aliphatic rings. The molecular formula is C15H18ClF3N2O3. The molecule has 24 heavy (non-hydrogen) atoms. The molecule has 2 rings (SSSR count). The fraction of sp³-hybridized carbons (Fsp3) is 0.467. The molecule has 0 aliphatic carbocycles. The fourth-order valence-corrected chi connectivity index (χ4v) is 2.38. The molecule has 0 saturated heterocycles. The molecule has 2 N–H and O–H groups in total. The maximum atomic E-state index is 12.8. The molecule has 5 nitrogen and oxygen atoms in total. The summed E-state index contributed by atoms with van der Waals surface area (Å²) in [7, 11) is 0. The molecule has 0 spiro atoms. The Labute approximate surface area is 143 Å². The number of nitrogens with zero attached hydrogens (tertiary/aromatic N) is 1. The second kappa shape index (κ2) is 7.85. The lowest BCUT2D eigenvalue weighted by Crippen LogP contribution is -2.43. The van der Waals surface area contributed by atoms with Crippen LogP contribution in [0, 0.1) is 0 Å². The molecule has 1 unspecified atom stereocenters. The Bertz CT molecular complexity index is 622. The van der Waals surface area contributed by atoms with Gasteiger partial charge in [0.25, 0.3) is 0 Å². The highest BCUT2D eigenvalue weighted by molar-refractivity contribution is 5.94. The number of esters is 1. The van der Waals surface area contributed by atoms with Crippen LogP contribution >= 0.6 is 12.4 Å². The van der Waals surface area contributed by atoms with Gasteiger partial charge >= 0.3 is 12.1 Å². The summed E-state index contributed by atoms with van der Waals surface area (Å²) in [6.07, 6.45) is -4.44. The molecular weight excluding hydrogens is 349 g/mol. The van der Waals surface area contributed by atoms with Gasteiger partial charge in [0.05, 0.1) is 17.9 Å². The van der Waals surface area contributed by atoms with Crippen LogP contribution < -0.4 is 5.73 Å². The molecule has 1 heterocycles. The van der Waals surface area contributed by atoms with E-state index in [1.807, 2.05) is 0 Å². The predicted octanol–water partition coefficient (Wildman–Crippen LogP) is 2.71. The Hall–Kier alpha value is -1.80. The molecule has 1 atom stereocenters. The van der Waals surface area contributed by atoms with Gasteiger partial charge in [-0.25, -0.2) is 4.79 Å². The van der Waals surface area contributed by atoms with Crippen LogP contribution in [-0.4, -0.2) is 30.4 Å². The van der Waals surface area contributed by atoms with Crippen molar-refractivity contribution in [3.63, 3.8) is 0 Å².